The number of nitrogens with zero attached hydrogens (tertiary/aromatic N) is 2. The number of carbonyl (C=O) groups is 2. The number of hydrogen-bond acceptors (Lipinski definition) is 6. The summed E-state index contributed by atoms with van der Waals surface area (Å²) in [6.07, 6.45) is 5.54. The van der Waals surface area contributed by atoms with E-state index in [1.165, 1.54) is 0 Å². The van der Waals surface area contributed by atoms with Gasteiger partial charge in [-0.15, -0.1) is 0 Å². The highest BCUT2D eigenvalue weighted by Gasteiger charge is 2.37. The standard InChI is InChI=1S/C18H24N6O3/c1-19-16-13(3-2-5-21-16)18(27)24-14-7-11(8-15(14)25)17(26)22-6-4-12-9-20-10-23-12/h2-3,5,9-11,14-15,25H,4,6-8H2,1H3,(H,19,21)(H,20,23)(H,22,26)(H,24,27)/t11-,14-,15-/m0/s1. The monoisotopic (exact) mass is 372 g/mol. The summed E-state index contributed by atoms with van der Waals surface area (Å²) < 4.78 is 0. The van der Waals surface area contributed by atoms with Crippen molar-refractivity contribution in [2.75, 3.05) is 18.9 Å². The van der Waals surface area contributed by atoms with Crippen LogP contribution in [0.3, 0.4) is 0 Å². The van der Waals surface area contributed by atoms with Crippen LogP contribution in [0.15, 0.2) is 30.9 Å². The number of rotatable bonds is 7. The van der Waals surface area contributed by atoms with E-state index < -0.39 is 12.1 Å². The minimum absolute atomic E-state index is 0.109. The van der Waals surface area contributed by atoms with Gasteiger partial charge in [-0.2, -0.15) is 0 Å². The molecule has 0 spiro atoms. The lowest BCUT2D eigenvalue weighted by atomic mass is 10.1. The van der Waals surface area contributed by atoms with E-state index in [0.717, 1.165) is 5.69 Å². The van der Waals surface area contributed by atoms with Crippen LogP contribution in [0.25, 0.3) is 0 Å². The van der Waals surface area contributed by atoms with E-state index in [0.29, 0.717) is 37.2 Å². The maximum absolute atomic E-state index is 12.5. The summed E-state index contributed by atoms with van der Waals surface area (Å²) in [6, 6.07) is 2.87. The summed E-state index contributed by atoms with van der Waals surface area (Å²) >= 11 is 0. The van der Waals surface area contributed by atoms with Gasteiger partial charge in [0.25, 0.3) is 5.91 Å². The second kappa shape index (κ2) is 8.63. The van der Waals surface area contributed by atoms with Crippen molar-refractivity contribution in [1.29, 1.82) is 0 Å². The predicted molar refractivity (Wildman–Crippen MR) is 99.1 cm³/mol. The number of pyridine rings is 1. The van der Waals surface area contributed by atoms with Gasteiger partial charge in [-0.05, 0) is 25.0 Å². The number of aliphatic hydroxyl groups excluding tert-OH is 1. The number of hydrogen-bond donors (Lipinski definition) is 5. The average Bonchev–Trinajstić information content (AvgIpc) is 3.32. The van der Waals surface area contributed by atoms with Crippen molar-refractivity contribution >= 4 is 17.6 Å². The zero-order valence-corrected chi connectivity index (χ0v) is 15.1. The third kappa shape index (κ3) is 4.62. The van der Waals surface area contributed by atoms with Gasteiger partial charge in [0.2, 0.25) is 5.91 Å². The van der Waals surface area contributed by atoms with Gasteiger partial charge in [0.05, 0.1) is 24.0 Å². The molecule has 0 bridgehead atoms. The van der Waals surface area contributed by atoms with Gasteiger partial charge in [0.1, 0.15) is 5.82 Å². The molecular weight excluding hydrogens is 348 g/mol. The summed E-state index contributed by atoms with van der Waals surface area (Å²) in [5.74, 6) is -0.292. The molecule has 0 aliphatic heterocycles. The second-order valence-electron chi connectivity index (χ2n) is 6.58. The molecule has 1 aliphatic rings. The van der Waals surface area contributed by atoms with E-state index in [1.54, 1.807) is 37.9 Å². The molecule has 3 rings (SSSR count). The molecule has 1 saturated carbocycles. The number of amides is 2. The largest absolute Gasteiger partial charge is 0.391 e. The number of H-pyrrole nitrogens is 1. The number of aliphatic hydroxyl groups is 1. The highest BCUT2D eigenvalue weighted by Crippen LogP contribution is 2.27. The first kappa shape index (κ1) is 18.8. The van der Waals surface area contributed by atoms with E-state index in [4.69, 9.17) is 0 Å². The van der Waals surface area contributed by atoms with Crippen LogP contribution in [0, 0.1) is 5.92 Å². The molecule has 0 saturated heterocycles. The van der Waals surface area contributed by atoms with Crippen molar-refractivity contribution in [3.8, 4) is 0 Å². The van der Waals surface area contributed by atoms with Crippen LogP contribution in [0.4, 0.5) is 5.82 Å². The third-order valence-corrected chi connectivity index (χ3v) is 4.75. The predicted octanol–water partition coefficient (Wildman–Crippen LogP) is 0.0746. The van der Waals surface area contributed by atoms with E-state index in [2.05, 4.69) is 30.9 Å². The molecule has 5 N–H and O–H groups in total. The Labute approximate surface area is 157 Å². The van der Waals surface area contributed by atoms with Crippen LogP contribution in [0.1, 0.15) is 28.9 Å². The van der Waals surface area contributed by atoms with Crippen LogP contribution in [0.5, 0.6) is 0 Å². The fourth-order valence-corrected chi connectivity index (χ4v) is 3.30. The third-order valence-electron chi connectivity index (χ3n) is 4.75. The Balaban J connectivity index is 1.51. The Morgan fingerprint density at radius 1 is 1.37 bits per heavy atom. The molecule has 0 aromatic carbocycles. The molecule has 0 radical (unpaired) electrons. The number of anilines is 1. The van der Waals surface area contributed by atoms with Crippen LogP contribution in [-0.2, 0) is 11.2 Å². The Morgan fingerprint density at radius 2 is 2.22 bits per heavy atom. The lowest BCUT2D eigenvalue weighted by Crippen LogP contribution is -2.40. The van der Waals surface area contributed by atoms with Crippen molar-refractivity contribution in [3.05, 3.63) is 42.1 Å². The molecule has 27 heavy (non-hydrogen) atoms. The maximum atomic E-state index is 12.5. The van der Waals surface area contributed by atoms with Gasteiger partial charge in [0.15, 0.2) is 0 Å². The van der Waals surface area contributed by atoms with Crippen molar-refractivity contribution in [2.45, 2.75) is 31.4 Å². The number of nitrogens with one attached hydrogen (secondary N) is 4. The summed E-state index contributed by atoms with van der Waals surface area (Å²) in [5, 5.41) is 18.8. The first-order valence-corrected chi connectivity index (χ1v) is 8.95. The highest BCUT2D eigenvalue weighted by molar-refractivity contribution is 5.98. The maximum Gasteiger partial charge on any atom is 0.255 e. The Hall–Kier alpha value is -2.94. The highest BCUT2D eigenvalue weighted by atomic mass is 16.3. The van der Waals surface area contributed by atoms with E-state index >= 15 is 0 Å². The van der Waals surface area contributed by atoms with Gasteiger partial charge < -0.3 is 26.0 Å². The lowest BCUT2D eigenvalue weighted by molar-refractivity contribution is -0.125. The first-order valence-electron chi connectivity index (χ1n) is 8.95. The van der Waals surface area contributed by atoms with Gasteiger partial charge in [0, 0.05) is 44.0 Å². The molecule has 0 unspecified atom stereocenters. The van der Waals surface area contributed by atoms with Crippen molar-refractivity contribution in [1.82, 2.24) is 25.6 Å². The molecule has 9 heteroatoms. The van der Waals surface area contributed by atoms with Crippen LogP contribution < -0.4 is 16.0 Å². The average molecular weight is 372 g/mol. The van der Waals surface area contributed by atoms with E-state index in [1.807, 2.05) is 0 Å². The zero-order chi connectivity index (χ0) is 19.2. The molecular formula is C18H24N6O3. The van der Waals surface area contributed by atoms with Gasteiger partial charge in [-0.1, -0.05) is 0 Å². The SMILES string of the molecule is CNc1ncccc1C(=O)N[C@H]1C[C@H](C(=O)NCCc2cnc[nH]2)C[C@@H]1O. The molecule has 9 nitrogen and oxygen atoms in total. The summed E-state index contributed by atoms with van der Waals surface area (Å²) in [6.45, 7) is 0.492. The fraction of sp³-hybridized carbons (Fsp3) is 0.444. The number of imidazole rings is 1. The van der Waals surface area contributed by atoms with Crippen LogP contribution >= 0.6 is 0 Å². The Kier molecular flexibility index (Phi) is 6.02. The number of carbonyl (C=O) groups excluding carboxylic acids is 2. The second-order valence-corrected chi connectivity index (χ2v) is 6.58. The number of aromatic amines is 1. The molecule has 2 aromatic rings. The first-order chi connectivity index (χ1) is 13.1. The topological polar surface area (TPSA) is 132 Å². The molecule has 2 aromatic heterocycles. The van der Waals surface area contributed by atoms with Crippen molar-refractivity contribution < 1.29 is 14.7 Å². The van der Waals surface area contributed by atoms with Gasteiger partial charge in [-0.3, -0.25) is 9.59 Å². The molecule has 2 amide bonds. The van der Waals surface area contributed by atoms with Gasteiger partial charge in [-0.25, -0.2) is 9.97 Å². The van der Waals surface area contributed by atoms with Crippen molar-refractivity contribution in [2.24, 2.45) is 5.92 Å². The molecule has 2 heterocycles. The van der Waals surface area contributed by atoms with E-state index in [9.17, 15) is 14.7 Å². The summed E-state index contributed by atoms with van der Waals surface area (Å²) in [5.41, 5.74) is 1.35. The zero-order valence-electron chi connectivity index (χ0n) is 15.1. The smallest absolute Gasteiger partial charge is 0.255 e. The quantitative estimate of drug-likeness (QED) is 0.467. The van der Waals surface area contributed by atoms with Crippen LogP contribution in [0.2, 0.25) is 0 Å². The normalized spacial score (nSPS) is 21.6. The minimum atomic E-state index is -0.757. The minimum Gasteiger partial charge on any atom is -0.391 e. The van der Waals surface area contributed by atoms with E-state index in [-0.39, 0.29) is 17.7 Å². The summed E-state index contributed by atoms with van der Waals surface area (Å²) in [7, 11) is 1.69. The summed E-state index contributed by atoms with van der Waals surface area (Å²) in [4.78, 5) is 35.9. The molecule has 1 aliphatic carbocycles. The number of aromatic nitrogens is 3. The Morgan fingerprint density at radius 3 is 2.96 bits per heavy atom. The fourth-order valence-electron chi connectivity index (χ4n) is 3.30. The van der Waals surface area contributed by atoms with Crippen molar-refractivity contribution in [3.63, 3.8) is 0 Å². The van der Waals surface area contributed by atoms with Gasteiger partial charge >= 0.3 is 0 Å². The Bertz CT molecular complexity index is 779. The lowest BCUT2D eigenvalue weighted by Gasteiger charge is -2.17. The molecule has 144 valence electrons. The van der Waals surface area contributed by atoms with Crippen LogP contribution in [-0.4, -0.2) is 57.6 Å². The molecule has 3 atom stereocenters. The molecule has 1 fully saturated rings.